The maximum atomic E-state index is 11.7. The largest absolute Gasteiger partial charge is 0.459 e. The minimum atomic E-state index is -0.445. The highest BCUT2D eigenvalue weighted by molar-refractivity contribution is 6.45. The zero-order valence-electron chi connectivity index (χ0n) is 11.2. The summed E-state index contributed by atoms with van der Waals surface area (Å²) in [4.78, 5) is 11.7. The lowest BCUT2D eigenvalue weighted by atomic mass is 10.2. The average Bonchev–Trinajstić information content (AvgIpc) is 2.38. The van der Waals surface area contributed by atoms with Gasteiger partial charge in [-0.2, -0.15) is 10.4 Å². The minimum Gasteiger partial charge on any atom is -0.459 e. The maximum absolute atomic E-state index is 11.7. The smallest absolute Gasteiger partial charge is 0.338 e. The summed E-state index contributed by atoms with van der Waals surface area (Å²) < 4.78 is 5.07. The fraction of sp³-hybridized carbons (Fsp3) is 0.231. The third-order valence-electron chi connectivity index (χ3n) is 2.10. The molecule has 0 saturated carbocycles. The van der Waals surface area contributed by atoms with E-state index in [0.717, 1.165) is 0 Å². The Kier molecular flexibility index (Phi) is 5.23. The van der Waals surface area contributed by atoms with E-state index in [4.69, 9.17) is 21.1 Å². The number of amidine groups is 1. The van der Waals surface area contributed by atoms with Crippen molar-refractivity contribution >= 4 is 23.2 Å². The van der Waals surface area contributed by atoms with Gasteiger partial charge in [-0.15, -0.1) is 0 Å². The van der Waals surface area contributed by atoms with Crippen LogP contribution in [0.25, 0.3) is 0 Å². The SMILES string of the molecule is CC(C)OC(=O)c1cccc(N/N=C(\C#N)C(=N)N)c1. The second kappa shape index (κ2) is 6.89. The molecule has 0 aliphatic carbocycles. The number of hydrogen-bond donors (Lipinski definition) is 3. The van der Waals surface area contributed by atoms with Gasteiger partial charge in [0.2, 0.25) is 5.71 Å². The van der Waals surface area contributed by atoms with Gasteiger partial charge >= 0.3 is 5.97 Å². The molecule has 0 aliphatic rings. The second-order valence-electron chi connectivity index (χ2n) is 4.13. The molecule has 0 amide bonds. The number of benzene rings is 1. The summed E-state index contributed by atoms with van der Waals surface area (Å²) in [6, 6.07) is 8.12. The summed E-state index contributed by atoms with van der Waals surface area (Å²) in [6.45, 7) is 3.52. The van der Waals surface area contributed by atoms with Crippen molar-refractivity contribution < 1.29 is 9.53 Å². The van der Waals surface area contributed by atoms with Crippen LogP contribution < -0.4 is 11.2 Å². The van der Waals surface area contributed by atoms with Gasteiger partial charge in [-0.05, 0) is 32.0 Å². The highest BCUT2D eigenvalue weighted by Crippen LogP contribution is 2.12. The van der Waals surface area contributed by atoms with Crippen molar-refractivity contribution in [3.05, 3.63) is 29.8 Å². The Bertz CT molecular complexity index is 587. The molecule has 0 fully saturated rings. The second-order valence-corrected chi connectivity index (χ2v) is 4.13. The summed E-state index contributed by atoms with van der Waals surface area (Å²) >= 11 is 0. The first-order valence-corrected chi connectivity index (χ1v) is 5.83. The van der Waals surface area contributed by atoms with Crippen LogP contribution in [0.1, 0.15) is 24.2 Å². The number of anilines is 1. The lowest BCUT2D eigenvalue weighted by Crippen LogP contribution is -2.21. The molecule has 0 radical (unpaired) electrons. The van der Waals surface area contributed by atoms with Crippen LogP contribution in [-0.2, 0) is 4.74 Å². The Morgan fingerprint density at radius 1 is 1.55 bits per heavy atom. The Hall–Kier alpha value is -2.88. The molecule has 1 aromatic rings. The average molecular weight is 273 g/mol. The number of nitriles is 1. The summed E-state index contributed by atoms with van der Waals surface area (Å²) in [7, 11) is 0. The number of carbonyl (C=O) groups is 1. The lowest BCUT2D eigenvalue weighted by Gasteiger charge is -2.08. The van der Waals surface area contributed by atoms with Crippen molar-refractivity contribution in [1.82, 2.24) is 0 Å². The maximum Gasteiger partial charge on any atom is 0.338 e. The summed E-state index contributed by atoms with van der Waals surface area (Å²) in [5, 5.41) is 19.5. The van der Waals surface area contributed by atoms with Crippen molar-refractivity contribution in [2.45, 2.75) is 20.0 Å². The van der Waals surface area contributed by atoms with Crippen molar-refractivity contribution in [2.24, 2.45) is 10.8 Å². The van der Waals surface area contributed by atoms with Crippen LogP contribution in [0.5, 0.6) is 0 Å². The van der Waals surface area contributed by atoms with E-state index < -0.39 is 11.8 Å². The first-order chi connectivity index (χ1) is 9.43. The van der Waals surface area contributed by atoms with Gasteiger partial charge in [-0.1, -0.05) is 6.07 Å². The van der Waals surface area contributed by atoms with Crippen molar-refractivity contribution in [3.63, 3.8) is 0 Å². The summed E-state index contributed by atoms with van der Waals surface area (Å²) in [5.41, 5.74) is 8.33. The molecule has 0 aliphatic heterocycles. The van der Waals surface area contributed by atoms with Crippen molar-refractivity contribution in [3.8, 4) is 6.07 Å². The molecule has 0 saturated heterocycles. The Morgan fingerprint density at radius 2 is 2.25 bits per heavy atom. The molecular weight excluding hydrogens is 258 g/mol. The van der Waals surface area contributed by atoms with Gasteiger partial charge in [0.25, 0.3) is 0 Å². The van der Waals surface area contributed by atoms with Crippen LogP contribution in [-0.4, -0.2) is 23.6 Å². The highest BCUT2D eigenvalue weighted by Gasteiger charge is 2.09. The van der Waals surface area contributed by atoms with E-state index in [0.29, 0.717) is 11.3 Å². The predicted octanol–water partition coefficient (Wildman–Crippen LogP) is 1.48. The topological polar surface area (TPSA) is 124 Å². The molecule has 0 bridgehead atoms. The zero-order chi connectivity index (χ0) is 15.1. The molecule has 7 heteroatoms. The predicted molar refractivity (Wildman–Crippen MR) is 75.6 cm³/mol. The fourth-order valence-corrected chi connectivity index (χ4v) is 1.26. The first kappa shape index (κ1) is 15.2. The number of hydrogen-bond acceptors (Lipinski definition) is 6. The number of rotatable bonds is 5. The molecule has 20 heavy (non-hydrogen) atoms. The third kappa shape index (κ3) is 4.42. The Balaban J connectivity index is 2.87. The number of hydrazone groups is 1. The zero-order valence-corrected chi connectivity index (χ0v) is 11.2. The fourth-order valence-electron chi connectivity index (χ4n) is 1.26. The van der Waals surface area contributed by atoms with E-state index in [1.807, 2.05) is 0 Å². The van der Waals surface area contributed by atoms with Crippen LogP contribution in [0.3, 0.4) is 0 Å². The summed E-state index contributed by atoms with van der Waals surface area (Å²) in [5.74, 6) is -0.880. The van der Waals surface area contributed by atoms with Crippen molar-refractivity contribution in [2.75, 3.05) is 5.43 Å². The first-order valence-electron chi connectivity index (χ1n) is 5.83. The van der Waals surface area contributed by atoms with E-state index >= 15 is 0 Å². The van der Waals surface area contributed by atoms with Crippen LogP contribution in [0.4, 0.5) is 5.69 Å². The number of nitrogens with two attached hydrogens (primary N) is 1. The lowest BCUT2D eigenvalue weighted by molar-refractivity contribution is 0.0378. The standard InChI is InChI=1S/C13H15N5O2/c1-8(2)20-13(19)9-4-3-5-10(6-9)17-18-11(7-14)12(15)16/h3-6,8,17H,1-2H3,(H3,15,16)/b18-11+. The normalized spacial score (nSPS) is 10.8. The molecule has 1 rings (SSSR count). The van der Waals surface area contributed by atoms with Gasteiger partial charge in [0.1, 0.15) is 6.07 Å². The number of ether oxygens (including phenoxy) is 1. The van der Waals surface area contributed by atoms with E-state index in [1.54, 1.807) is 38.1 Å². The van der Waals surface area contributed by atoms with E-state index in [9.17, 15) is 4.79 Å². The molecule has 1 aromatic carbocycles. The molecule has 7 nitrogen and oxygen atoms in total. The van der Waals surface area contributed by atoms with Crippen LogP contribution in [0.15, 0.2) is 29.4 Å². The Labute approximate surface area is 116 Å². The highest BCUT2D eigenvalue weighted by atomic mass is 16.5. The molecule has 0 heterocycles. The molecular formula is C13H15N5O2. The monoisotopic (exact) mass is 273 g/mol. The number of carbonyl (C=O) groups excluding carboxylic acids is 1. The minimum absolute atomic E-state index is 0.208. The van der Waals surface area contributed by atoms with Gasteiger partial charge in [-0.25, -0.2) is 4.79 Å². The molecule has 0 atom stereocenters. The van der Waals surface area contributed by atoms with Gasteiger partial charge in [-0.3, -0.25) is 10.8 Å². The van der Waals surface area contributed by atoms with Crippen LogP contribution in [0, 0.1) is 16.7 Å². The molecule has 0 unspecified atom stereocenters. The number of nitrogens with zero attached hydrogens (tertiary/aromatic N) is 2. The van der Waals surface area contributed by atoms with Crippen LogP contribution in [0.2, 0.25) is 0 Å². The number of nitrogens with one attached hydrogen (secondary N) is 2. The van der Waals surface area contributed by atoms with Gasteiger partial charge in [0.15, 0.2) is 5.84 Å². The van der Waals surface area contributed by atoms with Crippen LogP contribution >= 0.6 is 0 Å². The number of esters is 1. The van der Waals surface area contributed by atoms with E-state index in [2.05, 4.69) is 10.5 Å². The van der Waals surface area contributed by atoms with E-state index in [-0.39, 0.29) is 11.8 Å². The third-order valence-corrected chi connectivity index (χ3v) is 2.10. The molecule has 104 valence electrons. The molecule has 0 spiro atoms. The van der Waals surface area contributed by atoms with E-state index in [1.165, 1.54) is 6.07 Å². The van der Waals surface area contributed by atoms with Gasteiger partial charge in [0, 0.05) is 0 Å². The quantitative estimate of drug-likeness (QED) is 0.324. The summed E-state index contributed by atoms with van der Waals surface area (Å²) in [6.07, 6.45) is -0.208. The van der Waals surface area contributed by atoms with Gasteiger partial charge < -0.3 is 10.5 Å². The molecule has 0 aromatic heterocycles. The van der Waals surface area contributed by atoms with Crippen molar-refractivity contribution in [1.29, 1.82) is 10.7 Å². The van der Waals surface area contributed by atoms with Gasteiger partial charge in [0.05, 0.1) is 17.4 Å². The Morgan fingerprint density at radius 3 is 2.80 bits per heavy atom. The molecule has 4 N–H and O–H groups in total.